The number of hydrogen-bond acceptors (Lipinski definition) is 2. The second-order valence-corrected chi connectivity index (χ2v) is 5.05. The maximum Gasteiger partial charge on any atom is 0.223 e. The molecule has 2 aliphatic rings. The first kappa shape index (κ1) is 10.5. The molecule has 15 heavy (non-hydrogen) atoms. The van der Waals surface area contributed by atoms with Gasteiger partial charge in [-0.15, -0.1) is 0 Å². The molecule has 2 bridgehead atoms. The smallest absolute Gasteiger partial charge is 0.223 e. The van der Waals surface area contributed by atoms with Crippen molar-refractivity contribution in [1.29, 1.82) is 5.26 Å². The number of carbonyl (C=O) groups excluding carboxylic acids is 1. The van der Waals surface area contributed by atoms with Gasteiger partial charge < -0.3 is 4.90 Å². The van der Waals surface area contributed by atoms with E-state index in [9.17, 15) is 4.79 Å². The van der Waals surface area contributed by atoms with Crippen LogP contribution in [0, 0.1) is 29.1 Å². The van der Waals surface area contributed by atoms with Gasteiger partial charge in [0.25, 0.3) is 0 Å². The minimum atomic E-state index is 0.147. The molecule has 1 amide bonds. The van der Waals surface area contributed by atoms with Crippen molar-refractivity contribution in [3.05, 3.63) is 0 Å². The maximum absolute atomic E-state index is 11.7. The number of carbonyl (C=O) groups is 1. The van der Waals surface area contributed by atoms with Gasteiger partial charge in [-0.05, 0) is 37.0 Å². The van der Waals surface area contributed by atoms with E-state index in [0.717, 1.165) is 11.8 Å². The van der Waals surface area contributed by atoms with Crippen molar-refractivity contribution in [3.63, 3.8) is 0 Å². The Labute approximate surface area is 91.1 Å². The van der Waals surface area contributed by atoms with Crippen LogP contribution in [0.15, 0.2) is 0 Å². The average Bonchev–Trinajstić information content (AvgIpc) is 2.79. The van der Waals surface area contributed by atoms with Crippen molar-refractivity contribution < 1.29 is 4.79 Å². The third-order valence-electron chi connectivity index (χ3n) is 4.05. The van der Waals surface area contributed by atoms with E-state index in [0.29, 0.717) is 12.3 Å². The highest BCUT2D eigenvalue weighted by molar-refractivity contribution is 5.76. The van der Waals surface area contributed by atoms with Crippen LogP contribution in [0.4, 0.5) is 0 Å². The standard InChI is InChI=1S/C12H18N2O/c1-14(5-4-13)12(15)8-11-7-9-2-3-10(11)6-9/h9-11H,2-3,5-8H2,1H3. The largest absolute Gasteiger partial charge is 0.332 e. The highest BCUT2D eigenvalue weighted by atomic mass is 16.2. The molecule has 82 valence electrons. The lowest BCUT2D eigenvalue weighted by Gasteiger charge is -2.23. The summed E-state index contributed by atoms with van der Waals surface area (Å²) in [5.74, 6) is 2.45. The molecule has 2 fully saturated rings. The van der Waals surface area contributed by atoms with E-state index in [-0.39, 0.29) is 12.5 Å². The van der Waals surface area contributed by atoms with Crippen LogP contribution in [0.25, 0.3) is 0 Å². The number of nitriles is 1. The molecule has 0 aliphatic heterocycles. The Bertz CT molecular complexity index is 294. The molecule has 2 aliphatic carbocycles. The van der Waals surface area contributed by atoms with E-state index in [4.69, 9.17) is 5.26 Å². The third kappa shape index (κ3) is 2.14. The van der Waals surface area contributed by atoms with E-state index < -0.39 is 0 Å². The quantitative estimate of drug-likeness (QED) is 0.661. The van der Waals surface area contributed by atoms with Gasteiger partial charge in [0, 0.05) is 13.5 Å². The van der Waals surface area contributed by atoms with E-state index in [1.807, 2.05) is 6.07 Å². The van der Waals surface area contributed by atoms with Crippen LogP contribution in [0.1, 0.15) is 32.1 Å². The SMILES string of the molecule is CN(CC#N)C(=O)CC1CC2CCC1C2. The molecule has 2 saturated carbocycles. The summed E-state index contributed by atoms with van der Waals surface area (Å²) in [5.41, 5.74) is 0. The minimum absolute atomic E-state index is 0.147. The Morgan fingerprint density at radius 1 is 1.47 bits per heavy atom. The van der Waals surface area contributed by atoms with Gasteiger partial charge in [0.15, 0.2) is 0 Å². The zero-order chi connectivity index (χ0) is 10.8. The molecule has 0 aromatic heterocycles. The predicted molar refractivity (Wildman–Crippen MR) is 56.8 cm³/mol. The maximum atomic E-state index is 11.7. The summed E-state index contributed by atoms with van der Waals surface area (Å²) in [4.78, 5) is 13.3. The fourth-order valence-corrected chi connectivity index (χ4v) is 3.20. The zero-order valence-corrected chi connectivity index (χ0v) is 9.28. The zero-order valence-electron chi connectivity index (χ0n) is 9.28. The summed E-state index contributed by atoms with van der Waals surface area (Å²) >= 11 is 0. The highest BCUT2D eigenvalue weighted by Crippen LogP contribution is 2.49. The monoisotopic (exact) mass is 206 g/mol. The number of amides is 1. The molecule has 0 spiro atoms. The average molecular weight is 206 g/mol. The molecule has 2 rings (SSSR count). The molecule has 0 aromatic carbocycles. The Balaban J connectivity index is 1.82. The fourth-order valence-electron chi connectivity index (χ4n) is 3.20. The third-order valence-corrected chi connectivity index (χ3v) is 4.05. The molecule has 0 saturated heterocycles. The lowest BCUT2D eigenvalue weighted by molar-refractivity contribution is -0.130. The van der Waals surface area contributed by atoms with Crippen LogP contribution in [-0.2, 0) is 4.79 Å². The van der Waals surface area contributed by atoms with Crippen molar-refractivity contribution in [1.82, 2.24) is 4.90 Å². The summed E-state index contributed by atoms with van der Waals surface area (Å²) in [6.07, 6.45) is 5.96. The molecule has 0 aromatic rings. The van der Waals surface area contributed by atoms with Gasteiger partial charge in [0.2, 0.25) is 5.91 Å². The molecular formula is C12H18N2O. The molecule has 3 atom stereocenters. The van der Waals surface area contributed by atoms with Crippen molar-refractivity contribution >= 4 is 5.91 Å². The molecule has 0 N–H and O–H groups in total. The first-order chi connectivity index (χ1) is 7.20. The number of nitrogens with zero attached hydrogens (tertiary/aromatic N) is 2. The van der Waals surface area contributed by atoms with Crippen molar-refractivity contribution in [2.75, 3.05) is 13.6 Å². The summed E-state index contributed by atoms with van der Waals surface area (Å²) in [5, 5.41) is 8.51. The number of fused-ring (bicyclic) bond motifs is 2. The second kappa shape index (κ2) is 4.22. The lowest BCUT2D eigenvalue weighted by Crippen LogP contribution is -2.29. The normalized spacial score (nSPS) is 32.7. The minimum Gasteiger partial charge on any atom is -0.332 e. The van der Waals surface area contributed by atoms with E-state index >= 15 is 0 Å². The predicted octanol–water partition coefficient (Wildman–Crippen LogP) is 1.79. The summed E-state index contributed by atoms with van der Waals surface area (Å²) < 4.78 is 0. The van der Waals surface area contributed by atoms with Crippen LogP contribution in [0.3, 0.4) is 0 Å². The van der Waals surface area contributed by atoms with Crippen molar-refractivity contribution in [2.24, 2.45) is 17.8 Å². The molecule has 0 heterocycles. The Hall–Kier alpha value is -1.04. The number of hydrogen-bond donors (Lipinski definition) is 0. The number of rotatable bonds is 3. The van der Waals surface area contributed by atoms with Crippen LogP contribution in [0.5, 0.6) is 0 Å². The molecule has 3 nitrogen and oxygen atoms in total. The molecule has 3 heteroatoms. The van der Waals surface area contributed by atoms with Crippen LogP contribution >= 0.6 is 0 Å². The van der Waals surface area contributed by atoms with Gasteiger partial charge in [0.05, 0.1) is 6.07 Å². The highest BCUT2D eigenvalue weighted by Gasteiger charge is 2.40. The van der Waals surface area contributed by atoms with Gasteiger partial charge in [-0.25, -0.2) is 0 Å². The Morgan fingerprint density at radius 2 is 2.27 bits per heavy atom. The van der Waals surface area contributed by atoms with Gasteiger partial charge in [-0.2, -0.15) is 5.26 Å². The van der Waals surface area contributed by atoms with E-state index in [1.165, 1.54) is 25.7 Å². The fraction of sp³-hybridized carbons (Fsp3) is 0.833. The van der Waals surface area contributed by atoms with E-state index in [1.54, 1.807) is 11.9 Å². The van der Waals surface area contributed by atoms with E-state index in [2.05, 4.69) is 0 Å². The van der Waals surface area contributed by atoms with Gasteiger partial charge >= 0.3 is 0 Å². The Kier molecular flexibility index (Phi) is 2.95. The lowest BCUT2D eigenvalue weighted by atomic mass is 9.86. The van der Waals surface area contributed by atoms with Gasteiger partial charge in [-0.1, -0.05) is 6.42 Å². The van der Waals surface area contributed by atoms with Crippen LogP contribution in [-0.4, -0.2) is 24.4 Å². The molecule has 0 radical (unpaired) electrons. The van der Waals surface area contributed by atoms with Gasteiger partial charge in [0.1, 0.15) is 6.54 Å². The van der Waals surface area contributed by atoms with Gasteiger partial charge in [-0.3, -0.25) is 4.79 Å². The first-order valence-corrected chi connectivity index (χ1v) is 5.81. The summed E-state index contributed by atoms with van der Waals surface area (Å²) in [7, 11) is 1.72. The Morgan fingerprint density at radius 3 is 2.80 bits per heavy atom. The topological polar surface area (TPSA) is 44.1 Å². The summed E-state index contributed by atoms with van der Waals surface area (Å²) in [6, 6.07) is 2.01. The molecular weight excluding hydrogens is 188 g/mol. The van der Waals surface area contributed by atoms with Crippen LogP contribution in [0.2, 0.25) is 0 Å². The molecule has 3 unspecified atom stereocenters. The van der Waals surface area contributed by atoms with Crippen LogP contribution < -0.4 is 0 Å². The second-order valence-electron chi connectivity index (χ2n) is 5.05. The first-order valence-electron chi connectivity index (χ1n) is 5.81. The van der Waals surface area contributed by atoms with Crippen molar-refractivity contribution in [2.45, 2.75) is 32.1 Å². The van der Waals surface area contributed by atoms with Crippen molar-refractivity contribution in [3.8, 4) is 6.07 Å². The summed E-state index contributed by atoms with van der Waals surface area (Å²) in [6.45, 7) is 0.222.